The first kappa shape index (κ1) is 21.1. The Hall–Kier alpha value is -2.15. The van der Waals surface area contributed by atoms with Gasteiger partial charge in [-0.1, -0.05) is 107 Å². The fraction of sp³-hybridized carbons (Fsp3) is 0.448. The Balaban J connectivity index is 1.44. The van der Waals surface area contributed by atoms with Gasteiger partial charge in [-0.05, 0) is 53.2 Å². The third kappa shape index (κ3) is 4.77. The summed E-state index contributed by atoms with van der Waals surface area (Å²) in [6, 6.07) is 18.7. The van der Waals surface area contributed by atoms with Crippen molar-refractivity contribution in [2.24, 2.45) is 11.8 Å². The molecule has 1 aliphatic rings. The van der Waals surface area contributed by atoms with E-state index in [0.29, 0.717) is 5.56 Å². The average molecular weight is 403 g/mol. The number of aryl methyl sites for hydroxylation is 2. The Bertz CT molecular complexity index is 962. The van der Waals surface area contributed by atoms with Crippen molar-refractivity contribution in [2.75, 3.05) is 0 Å². The van der Waals surface area contributed by atoms with Crippen molar-refractivity contribution in [3.8, 4) is 11.1 Å². The predicted molar refractivity (Wildman–Crippen MR) is 127 cm³/mol. The van der Waals surface area contributed by atoms with Crippen LogP contribution in [0, 0.1) is 17.7 Å². The highest BCUT2D eigenvalue weighted by Gasteiger charge is 2.19. The van der Waals surface area contributed by atoms with Crippen LogP contribution >= 0.6 is 0 Å². The number of hydrogen-bond donors (Lipinski definition) is 0. The van der Waals surface area contributed by atoms with Crippen molar-refractivity contribution >= 4 is 10.8 Å². The first-order valence-corrected chi connectivity index (χ1v) is 12.0. The molecule has 1 fully saturated rings. The van der Waals surface area contributed by atoms with Gasteiger partial charge in [0, 0.05) is 10.9 Å². The van der Waals surface area contributed by atoms with Gasteiger partial charge >= 0.3 is 0 Å². The zero-order chi connectivity index (χ0) is 20.9. The largest absolute Gasteiger partial charge is 0.206 e. The predicted octanol–water partition coefficient (Wildman–Crippen LogP) is 8.75. The van der Waals surface area contributed by atoms with Crippen LogP contribution in [0.3, 0.4) is 0 Å². The van der Waals surface area contributed by atoms with E-state index in [1.807, 2.05) is 12.1 Å². The number of benzene rings is 3. The molecule has 0 N–H and O–H groups in total. The summed E-state index contributed by atoms with van der Waals surface area (Å²) in [6.45, 7) is 4.50. The van der Waals surface area contributed by atoms with E-state index in [1.165, 1.54) is 49.7 Å². The highest BCUT2D eigenvalue weighted by atomic mass is 19.1. The van der Waals surface area contributed by atoms with E-state index in [1.54, 1.807) is 0 Å². The number of rotatable bonds is 7. The van der Waals surface area contributed by atoms with Gasteiger partial charge in [0.05, 0.1) is 0 Å². The van der Waals surface area contributed by atoms with E-state index in [-0.39, 0.29) is 5.82 Å². The maximum atomic E-state index is 15.2. The fourth-order valence-electron chi connectivity index (χ4n) is 5.16. The molecule has 0 radical (unpaired) electrons. The molecular weight excluding hydrogens is 367 g/mol. The Morgan fingerprint density at radius 3 is 2.17 bits per heavy atom. The summed E-state index contributed by atoms with van der Waals surface area (Å²) in [5.74, 6) is 1.76. The molecule has 0 amide bonds. The molecule has 1 heteroatoms. The van der Waals surface area contributed by atoms with Crippen molar-refractivity contribution < 1.29 is 4.39 Å². The third-order valence-electron chi connectivity index (χ3n) is 7.21. The van der Waals surface area contributed by atoms with Crippen LogP contribution in [0.15, 0.2) is 54.6 Å². The van der Waals surface area contributed by atoms with Gasteiger partial charge in [0.1, 0.15) is 5.82 Å². The van der Waals surface area contributed by atoms with Crippen LogP contribution in [-0.2, 0) is 12.8 Å². The van der Waals surface area contributed by atoms with Gasteiger partial charge in [-0.25, -0.2) is 4.39 Å². The molecule has 4 rings (SSSR count). The molecule has 30 heavy (non-hydrogen) atoms. The molecular formula is C29H35F. The zero-order valence-electron chi connectivity index (χ0n) is 18.6. The lowest BCUT2D eigenvalue weighted by Gasteiger charge is -2.27. The van der Waals surface area contributed by atoms with Crippen molar-refractivity contribution in [3.63, 3.8) is 0 Å². The normalized spacial score (nSPS) is 19.3. The molecule has 0 aliphatic heterocycles. The Labute approximate surface area is 181 Å². The minimum absolute atomic E-state index is 0.101. The zero-order valence-corrected chi connectivity index (χ0v) is 18.6. The van der Waals surface area contributed by atoms with E-state index < -0.39 is 0 Å². The molecule has 0 aromatic heterocycles. The summed E-state index contributed by atoms with van der Waals surface area (Å²) in [5.41, 5.74) is 4.33. The van der Waals surface area contributed by atoms with Crippen LogP contribution in [-0.4, -0.2) is 0 Å². The molecule has 0 heterocycles. The molecule has 158 valence electrons. The molecule has 0 spiro atoms. The summed E-state index contributed by atoms with van der Waals surface area (Å²) in [6.07, 6.45) is 11.6. The van der Waals surface area contributed by atoms with Crippen LogP contribution in [0.4, 0.5) is 4.39 Å². The lowest BCUT2D eigenvalue weighted by molar-refractivity contribution is 0.259. The smallest absolute Gasteiger partial charge is 0.138 e. The van der Waals surface area contributed by atoms with Crippen molar-refractivity contribution in [1.29, 1.82) is 0 Å². The van der Waals surface area contributed by atoms with Crippen LogP contribution in [0.25, 0.3) is 21.9 Å². The Morgan fingerprint density at radius 1 is 0.767 bits per heavy atom. The van der Waals surface area contributed by atoms with Crippen LogP contribution < -0.4 is 0 Å². The minimum Gasteiger partial charge on any atom is -0.206 e. The molecule has 1 aliphatic carbocycles. The third-order valence-corrected chi connectivity index (χ3v) is 7.21. The number of hydrogen-bond acceptors (Lipinski definition) is 0. The van der Waals surface area contributed by atoms with Crippen molar-refractivity contribution in [3.05, 3.63) is 71.5 Å². The Kier molecular flexibility index (Phi) is 6.87. The summed E-state index contributed by atoms with van der Waals surface area (Å²) in [4.78, 5) is 0. The second-order valence-corrected chi connectivity index (χ2v) is 9.26. The first-order chi connectivity index (χ1) is 14.7. The van der Waals surface area contributed by atoms with Crippen molar-refractivity contribution in [2.45, 2.75) is 71.6 Å². The SMILES string of the molecule is CCCc1ccc2c(F)c(-c3ccc(CCC4CCC(CC)CC4)cc3)ccc2c1. The van der Waals surface area contributed by atoms with Gasteiger partial charge < -0.3 is 0 Å². The van der Waals surface area contributed by atoms with Crippen LogP contribution in [0.1, 0.15) is 69.9 Å². The topological polar surface area (TPSA) is 0 Å². The molecule has 3 aromatic rings. The molecule has 0 atom stereocenters. The second kappa shape index (κ2) is 9.77. The Morgan fingerprint density at radius 2 is 1.47 bits per heavy atom. The first-order valence-electron chi connectivity index (χ1n) is 12.0. The second-order valence-electron chi connectivity index (χ2n) is 9.26. The van der Waals surface area contributed by atoms with Crippen LogP contribution in [0.5, 0.6) is 0 Å². The van der Waals surface area contributed by atoms with Gasteiger partial charge in [0.15, 0.2) is 0 Å². The number of halogens is 1. The van der Waals surface area contributed by atoms with Gasteiger partial charge in [0.25, 0.3) is 0 Å². The molecule has 0 nitrogen and oxygen atoms in total. The maximum absolute atomic E-state index is 15.2. The highest BCUT2D eigenvalue weighted by Crippen LogP contribution is 2.34. The summed E-state index contributed by atoms with van der Waals surface area (Å²) < 4.78 is 15.2. The molecule has 3 aromatic carbocycles. The van der Waals surface area contributed by atoms with E-state index in [0.717, 1.165) is 47.4 Å². The lowest BCUT2D eigenvalue weighted by atomic mass is 9.78. The van der Waals surface area contributed by atoms with Gasteiger partial charge in [-0.15, -0.1) is 0 Å². The van der Waals surface area contributed by atoms with Crippen molar-refractivity contribution in [1.82, 2.24) is 0 Å². The summed E-state index contributed by atoms with van der Waals surface area (Å²) in [5, 5.41) is 1.72. The van der Waals surface area contributed by atoms with Crippen LogP contribution in [0.2, 0.25) is 0 Å². The monoisotopic (exact) mass is 402 g/mol. The molecule has 0 bridgehead atoms. The molecule has 0 saturated heterocycles. The standard InChI is InChI=1S/C29H35F/c1-3-5-24-14-18-28-26(20-24)17-19-27(29(28)30)25-15-12-23(13-16-25)11-10-22-8-6-21(4-2)7-9-22/h12-22H,3-11H2,1-2H3. The lowest BCUT2D eigenvalue weighted by Crippen LogP contribution is -2.14. The van der Waals surface area contributed by atoms with E-state index in [4.69, 9.17) is 0 Å². The maximum Gasteiger partial charge on any atom is 0.138 e. The fourth-order valence-corrected chi connectivity index (χ4v) is 5.16. The van der Waals surface area contributed by atoms with E-state index in [2.05, 4.69) is 56.3 Å². The van der Waals surface area contributed by atoms with Gasteiger partial charge in [-0.2, -0.15) is 0 Å². The minimum atomic E-state index is -0.101. The van der Waals surface area contributed by atoms with Gasteiger partial charge in [0.2, 0.25) is 0 Å². The number of fused-ring (bicyclic) bond motifs is 1. The van der Waals surface area contributed by atoms with E-state index in [9.17, 15) is 0 Å². The molecule has 0 unspecified atom stereocenters. The van der Waals surface area contributed by atoms with E-state index >= 15 is 4.39 Å². The average Bonchev–Trinajstić information content (AvgIpc) is 2.79. The summed E-state index contributed by atoms with van der Waals surface area (Å²) in [7, 11) is 0. The van der Waals surface area contributed by atoms with Gasteiger partial charge in [-0.3, -0.25) is 0 Å². The summed E-state index contributed by atoms with van der Waals surface area (Å²) >= 11 is 0. The molecule has 1 saturated carbocycles. The highest BCUT2D eigenvalue weighted by molar-refractivity contribution is 5.88. The quantitative estimate of drug-likeness (QED) is 0.370.